The third-order valence-electron chi connectivity index (χ3n) is 6.16. The van der Waals surface area contributed by atoms with Crippen molar-refractivity contribution in [3.05, 3.63) is 93.8 Å². The number of anilines is 2. The molecule has 0 saturated heterocycles. The molecule has 3 aromatic carbocycles. The molecular weight excluding hydrogens is 587 g/mol. The summed E-state index contributed by atoms with van der Waals surface area (Å²) in [5.41, 5.74) is 3.81. The van der Waals surface area contributed by atoms with E-state index in [0.717, 1.165) is 27.2 Å². The molecule has 12 heteroatoms. The van der Waals surface area contributed by atoms with Crippen molar-refractivity contribution in [1.82, 2.24) is 15.0 Å². The number of rotatable bonds is 12. The lowest BCUT2D eigenvalue weighted by Crippen LogP contribution is -2.13. The number of nitrogens with zero attached hydrogens (tertiary/aromatic N) is 3. The van der Waals surface area contributed by atoms with E-state index in [4.69, 9.17) is 21.1 Å². The Morgan fingerprint density at radius 1 is 1.05 bits per heavy atom. The number of ether oxygens (including phenoxy) is 2. The average Bonchev–Trinajstić information content (AvgIpc) is 3.44. The fourth-order valence-corrected chi connectivity index (χ4v) is 5.57. The van der Waals surface area contributed by atoms with E-state index in [1.807, 2.05) is 29.6 Å². The first kappa shape index (κ1) is 28.9. The van der Waals surface area contributed by atoms with Gasteiger partial charge in [0.2, 0.25) is 0 Å². The van der Waals surface area contributed by atoms with Crippen LogP contribution in [0.3, 0.4) is 0 Å². The highest BCUT2D eigenvalue weighted by Crippen LogP contribution is 2.32. The topological polar surface area (TPSA) is 103 Å². The third kappa shape index (κ3) is 7.56. The van der Waals surface area contributed by atoms with Gasteiger partial charge >= 0.3 is 0 Å². The molecule has 5 rings (SSSR count). The lowest BCUT2D eigenvalue weighted by molar-refractivity contribution is 0.135. The minimum Gasteiger partial charge on any atom is -0.487 e. The predicted molar refractivity (Wildman–Crippen MR) is 160 cm³/mol. The molecule has 0 radical (unpaired) electrons. The number of thiazole rings is 1. The van der Waals surface area contributed by atoms with E-state index in [2.05, 4.69) is 20.3 Å². The van der Waals surface area contributed by atoms with Crippen LogP contribution in [0.4, 0.5) is 15.9 Å². The van der Waals surface area contributed by atoms with Crippen LogP contribution in [0.2, 0.25) is 5.02 Å². The second kappa shape index (κ2) is 12.9. The zero-order valence-corrected chi connectivity index (χ0v) is 24.4. The summed E-state index contributed by atoms with van der Waals surface area (Å²) in [6, 6.07) is 17.3. The summed E-state index contributed by atoms with van der Waals surface area (Å²) in [5.74, 6) is 0.853. The van der Waals surface area contributed by atoms with E-state index >= 15 is 0 Å². The van der Waals surface area contributed by atoms with E-state index in [0.29, 0.717) is 27.8 Å². The molecule has 0 bridgehead atoms. The number of nitrogens with one attached hydrogen (secondary N) is 1. The number of aromatic nitrogens is 3. The van der Waals surface area contributed by atoms with Gasteiger partial charge in [-0.25, -0.2) is 27.8 Å². The number of hydrogen-bond donors (Lipinski definition) is 1. The van der Waals surface area contributed by atoms with E-state index in [9.17, 15) is 12.8 Å². The maximum atomic E-state index is 13.4. The van der Waals surface area contributed by atoms with Gasteiger partial charge in [0.25, 0.3) is 0 Å². The van der Waals surface area contributed by atoms with Crippen molar-refractivity contribution >= 4 is 55.2 Å². The monoisotopic (exact) mass is 612 g/mol. The first-order valence-corrected chi connectivity index (χ1v) is 15.8. The maximum Gasteiger partial charge on any atom is 0.152 e. The second-order valence-corrected chi connectivity index (χ2v) is 12.9. The number of hydrogen-bond acceptors (Lipinski definition) is 9. The van der Waals surface area contributed by atoms with Crippen LogP contribution < -0.4 is 10.1 Å². The van der Waals surface area contributed by atoms with E-state index < -0.39 is 9.84 Å². The zero-order valence-electron chi connectivity index (χ0n) is 22.0. The van der Waals surface area contributed by atoms with Crippen molar-refractivity contribution < 1.29 is 22.3 Å². The van der Waals surface area contributed by atoms with Gasteiger partial charge in [0.1, 0.15) is 35.3 Å². The molecule has 0 aliphatic heterocycles. The highest BCUT2D eigenvalue weighted by atomic mass is 35.5. The Morgan fingerprint density at radius 3 is 2.73 bits per heavy atom. The summed E-state index contributed by atoms with van der Waals surface area (Å²) in [7, 11) is -3.06. The van der Waals surface area contributed by atoms with Crippen molar-refractivity contribution in [1.29, 1.82) is 0 Å². The van der Waals surface area contributed by atoms with Crippen molar-refractivity contribution in [3.63, 3.8) is 0 Å². The Hall–Kier alpha value is -3.64. The molecule has 1 N–H and O–H groups in total. The molecule has 0 saturated carbocycles. The molecule has 0 atom stereocenters. The molecule has 212 valence electrons. The lowest BCUT2D eigenvalue weighted by Gasteiger charge is -2.12. The van der Waals surface area contributed by atoms with Crippen molar-refractivity contribution in [2.75, 3.05) is 23.4 Å². The molecule has 0 aliphatic carbocycles. The Labute approximate surface area is 246 Å². The van der Waals surface area contributed by atoms with Crippen LogP contribution in [0.15, 0.2) is 72.4 Å². The first-order valence-electron chi connectivity index (χ1n) is 12.7. The number of fused-ring (bicyclic) bond motifs is 1. The quantitative estimate of drug-likeness (QED) is 0.153. The molecule has 0 unspecified atom stereocenters. The standard InChI is InChI=1S/C29H26ClFN4O4S2/c1-2-41(36,37)11-10-38-16-28-35-26(17-40-28)20-6-8-25-23(13-20)29(33-18-32-25)34-22-7-9-27(24(30)14-22)39-15-19-4-3-5-21(31)12-19/h3-9,12-14,17-18H,2,10-11,15-16H2,1H3,(H,32,33,34). The Bertz CT molecular complexity index is 1780. The highest BCUT2D eigenvalue weighted by molar-refractivity contribution is 7.91. The normalized spacial score (nSPS) is 11.6. The molecule has 0 spiro atoms. The number of halogens is 2. The smallest absolute Gasteiger partial charge is 0.152 e. The highest BCUT2D eigenvalue weighted by Gasteiger charge is 2.12. The minimum atomic E-state index is -3.06. The van der Waals surface area contributed by atoms with Crippen LogP contribution in [0.25, 0.3) is 22.2 Å². The average molecular weight is 613 g/mol. The van der Waals surface area contributed by atoms with Crippen LogP contribution in [0, 0.1) is 5.82 Å². The Balaban J connectivity index is 1.28. The summed E-state index contributed by atoms with van der Waals surface area (Å²) in [4.78, 5) is 13.5. The van der Waals surface area contributed by atoms with Crippen molar-refractivity contribution in [2.45, 2.75) is 20.1 Å². The largest absolute Gasteiger partial charge is 0.487 e. The number of sulfone groups is 1. The van der Waals surface area contributed by atoms with Gasteiger partial charge in [-0.05, 0) is 48.0 Å². The summed E-state index contributed by atoms with van der Waals surface area (Å²) in [6.07, 6.45) is 1.49. The molecule has 41 heavy (non-hydrogen) atoms. The predicted octanol–water partition coefficient (Wildman–Crippen LogP) is 6.82. The molecule has 0 fully saturated rings. The van der Waals surface area contributed by atoms with Gasteiger partial charge in [0.05, 0.1) is 35.2 Å². The summed E-state index contributed by atoms with van der Waals surface area (Å²) >= 11 is 7.92. The summed E-state index contributed by atoms with van der Waals surface area (Å²) in [6.45, 7) is 2.19. The van der Waals surface area contributed by atoms with Gasteiger partial charge < -0.3 is 14.8 Å². The molecular formula is C29H26ClFN4O4S2. The molecule has 0 aliphatic rings. The molecule has 0 amide bonds. The van der Waals surface area contributed by atoms with Crippen LogP contribution >= 0.6 is 22.9 Å². The SMILES string of the molecule is CCS(=O)(=O)CCOCc1nc(-c2ccc3ncnc(Nc4ccc(OCc5cccc(F)c5)c(Cl)c4)c3c2)cs1. The molecule has 5 aromatic rings. The van der Waals surface area contributed by atoms with Crippen molar-refractivity contribution in [2.24, 2.45) is 0 Å². The zero-order chi connectivity index (χ0) is 28.8. The van der Waals surface area contributed by atoms with Crippen LogP contribution in [-0.4, -0.2) is 41.5 Å². The van der Waals surface area contributed by atoms with Crippen molar-refractivity contribution in [3.8, 4) is 17.0 Å². The van der Waals surface area contributed by atoms with E-state index in [-0.39, 0.29) is 37.1 Å². The Kier molecular flexibility index (Phi) is 9.09. The molecule has 8 nitrogen and oxygen atoms in total. The third-order valence-corrected chi connectivity index (χ3v) is 8.95. The van der Waals surface area contributed by atoms with Crippen LogP contribution in [0.5, 0.6) is 5.75 Å². The van der Waals surface area contributed by atoms with Gasteiger partial charge in [0, 0.05) is 27.8 Å². The second-order valence-electron chi connectivity index (χ2n) is 9.06. The lowest BCUT2D eigenvalue weighted by atomic mass is 10.1. The Morgan fingerprint density at radius 2 is 1.93 bits per heavy atom. The van der Waals surface area contributed by atoms with Crippen LogP contribution in [0.1, 0.15) is 17.5 Å². The minimum absolute atomic E-state index is 0.00193. The van der Waals surface area contributed by atoms with Gasteiger partial charge in [-0.1, -0.05) is 36.7 Å². The van der Waals surface area contributed by atoms with Gasteiger partial charge in [-0.2, -0.15) is 0 Å². The van der Waals surface area contributed by atoms with Crippen LogP contribution in [-0.2, 0) is 27.8 Å². The van der Waals surface area contributed by atoms with Gasteiger partial charge in [-0.3, -0.25) is 0 Å². The fourth-order valence-electron chi connectivity index (χ4n) is 3.94. The first-order chi connectivity index (χ1) is 19.8. The fraction of sp³-hybridized carbons (Fsp3) is 0.207. The van der Waals surface area contributed by atoms with Gasteiger partial charge in [-0.15, -0.1) is 11.3 Å². The van der Waals surface area contributed by atoms with Gasteiger partial charge in [0.15, 0.2) is 9.84 Å². The molecule has 2 heterocycles. The number of benzene rings is 3. The summed E-state index contributed by atoms with van der Waals surface area (Å²) < 4.78 is 48.0. The summed E-state index contributed by atoms with van der Waals surface area (Å²) in [5, 5.41) is 7.18. The maximum absolute atomic E-state index is 13.4. The van der Waals surface area contributed by atoms with E-state index in [1.54, 1.807) is 31.2 Å². The molecule has 2 aromatic heterocycles. The van der Waals surface area contributed by atoms with E-state index in [1.165, 1.54) is 29.8 Å².